The number of anilines is 1. The minimum absolute atomic E-state index is 0.0347. The van der Waals surface area contributed by atoms with Crippen molar-refractivity contribution in [1.29, 1.82) is 0 Å². The highest BCUT2D eigenvalue weighted by Crippen LogP contribution is 2.43. The lowest BCUT2D eigenvalue weighted by molar-refractivity contribution is -0.158. The third kappa shape index (κ3) is 4.23. The van der Waals surface area contributed by atoms with Gasteiger partial charge in [0.25, 0.3) is 0 Å². The Morgan fingerprint density at radius 3 is 2.64 bits per heavy atom. The van der Waals surface area contributed by atoms with Crippen molar-refractivity contribution in [2.45, 2.75) is 38.8 Å². The molecule has 0 spiro atoms. The maximum absolute atomic E-state index is 13.7. The molecule has 1 saturated heterocycles. The van der Waals surface area contributed by atoms with Gasteiger partial charge in [0.15, 0.2) is 0 Å². The van der Waals surface area contributed by atoms with Crippen molar-refractivity contribution in [2.75, 3.05) is 38.0 Å². The molecule has 2 N–H and O–H groups in total. The lowest BCUT2D eigenvalue weighted by Gasteiger charge is -2.47. The van der Waals surface area contributed by atoms with Crippen LogP contribution in [0.1, 0.15) is 43.1 Å². The maximum atomic E-state index is 13.7. The first kappa shape index (κ1) is 24.3. The van der Waals surface area contributed by atoms with E-state index in [4.69, 9.17) is 0 Å². The highest BCUT2D eigenvalue weighted by molar-refractivity contribution is 5.97. The van der Waals surface area contributed by atoms with Crippen LogP contribution in [0.15, 0.2) is 48.5 Å². The summed E-state index contributed by atoms with van der Waals surface area (Å²) in [6.45, 7) is 7.62. The molecule has 2 aliphatic rings. The second-order valence-corrected chi connectivity index (χ2v) is 9.49. The van der Waals surface area contributed by atoms with Gasteiger partial charge in [0.05, 0.1) is 18.3 Å². The molecule has 3 heterocycles. The number of aromatic amines is 1. The van der Waals surface area contributed by atoms with Crippen molar-refractivity contribution in [2.24, 2.45) is 0 Å². The van der Waals surface area contributed by atoms with Crippen molar-refractivity contribution in [3.8, 4) is 0 Å². The minimum Gasteiger partial charge on any atom is -0.733 e. The second-order valence-electron chi connectivity index (χ2n) is 9.49. The summed E-state index contributed by atoms with van der Waals surface area (Å²) in [4.78, 5) is 36.5. The standard InChI is InChI=1S/C27H32N5O4/c1-3-29(4-2)13-8-14-30-17-24(33)31-23(27(30)34)16-21-20-11-5-6-12-22(20)28-25(21)26(31)18-9-7-10-19(15-18)32(35)36/h5-7,9-12,15,23,26,28,35H,3-4,8,13-14,16-17H2,1-2H3/q-1/t23-,26?/m0/s1. The van der Waals surface area contributed by atoms with E-state index in [-0.39, 0.29) is 29.3 Å². The van der Waals surface area contributed by atoms with E-state index >= 15 is 0 Å². The minimum atomic E-state index is -0.627. The molecule has 5 rings (SSSR count). The molecule has 2 amide bonds. The number of nitrogens with zero attached hydrogens (tertiary/aromatic N) is 4. The quantitative estimate of drug-likeness (QED) is 0.470. The van der Waals surface area contributed by atoms with Crippen LogP contribution in [0.25, 0.3) is 10.9 Å². The number of fused-ring (bicyclic) bond motifs is 4. The van der Waals surface area contributed by atoms with Crippen LogP contribution in [0.4, 0.5) is 5.69 Å². The number of H-pyrrole nitrogens is 1. The number of benzene rings is 2. The molecule has 0 bridgehead atoms. The zero-order valence-corrected chi connectivity index (χ0v) is 20.7. The fourth-order valence-corrected chi connectivity index (χ4v) is 5.70. The van der Waals surface area contributed by atoms with E-state index in [1.165, 1.54) is 6.07 Å². The molecule has 9 heteroatoms. The van der Waals surface area contributed by atoms with Crippen molar-refractivity contribution >= 4 is 28.4 Å². The summed E-state index contributed by atoms with van der Waals surface area (Å²) in [5.74, 6) is -0.163. The Labute approximate surface area is 210 Å². The molecule has 1 fully saturated rings. The zero-order chi connectivity index (χ0) is 25.4. The van der Waals surface area contributed by atoms with Gasteiger partial charge in [0.2, 0.25) is 11.8 Å². The summed E-state index contributed by atoms with van der Waals surface area (Å²) in [5.41, 5.74) is 3.52. The lowest BCUT2D eigenvalue weighted by atomic mass is 9.86. The molecular weight excluding hydrogens is 458 g/mol. The van der Waals surface area contributed by atoms with Crippen LogP contribution in [-0.4, -0.2) is 75.5 Å². The number of amides is 2. The van der Waals surface area contributed by atoms with Gasteiger partial charge in [0.1, 0.15) is 6.04 Å². The molecule has 0 saturated carbocycles. The van der Waals surface area contributed by atoms with E-state index in [9.17, 15) is 20.0 Å². The van der Waals surface area contributed by atoms with Crippen molar-refractivity contribution in [3.05, 3.63) is 70.6 Å². The Morgan fingerprint density at radius 2 is 1.89 bits per heavy atom. The number of aromatic nitrogens is 1. The van der Waals surface area contributed by atoms with Gasteiger partial charge in [-0.1, -0.05) is 44.2 Å². The molecule has 0 aliphatic carbocycles. The fraction of sp³-hybridized carbons (Fsp3) is 0.407. The number of hydrogen-bond acceptors (Lipinski definition) is 6. The van der Waals surface area contributed by atoms with Gasteiger partial charge >= 0.3 is 0 Å². The first-order chi connectivity index (χ1) is 17.4. The predicted molar refractivity (Wildman–Crippen MR) is 138 cm³/mol. The van der Waals surface area contributed by atoms with Crippen LogP contribution < -0.4 is 5.23 Å². The third-order valence-corrected chi connectivity index (χ3v) is 7.55. The van der Waals surface area contributed by atoms with Gasteiger partial charge in [-0.25, -0.2) is 0 Å². The Kier molecular flexibility index (Phi) is 6.70. The number of para-hydroxylation sites is 1. The molecule has 2 aliphatic heterocycles. The number of carbonyl (C=O) groups is 2. The number of piperazine rings is 1. The Bertz CT molecular complexity index is 1270. The predicted octanol–water partition coefficient (Wildman–Crippen LogP) is 3.28. The monoisotopic (exact) mass is 490 g/mol. The number of rotatable bonds is 8. The van der Waals surface area contributed by atoms with Gasteiger partial charge in [-0.2, -0.15) is 0 Å². The fourth-order valence-electron chi connectivity index (χ4n) is 5.70. The molecule has 3 aromatic rings. The first-order valence-corrected chi connectivity index (χ1v) is 12.6. The number of hydrogen-bond donors (Lipinski definition) is 2. The summed E-state index contributed by atoms with van der Waals surface area (Å²) in [5, 5.41) is 22.0. The Hall–Kier alpha value is -3.40. The summed E-state index contributed by atoms with van der Waals surface area (Å²) in [6, 6.07) is 13.3. The first-order valence-electron chi connectivity index (χ1n) is 12.6. The van der Waals surface area contributed by atoms with Crippen LogP contribution in [0.3, 0.4) is 0 Å². The molecule has 2 atom stereocenters. The summed E-state index contributed by atoms with van der Waals surface area (Å²) in [6.07, 6.45) is 1.24. The van der Waals surface area contributed by atoms with Gasteiger partial charge < -0.3 is 30.1 Å². The summed E-state index contributed by atoms with van der Waals surface area (Å²) >= 11 is 0. The van der Waals surface area contributed by atoms with E-state index in [0.717, 1.165) is 48.2 Å². The second kappa shape index (κ2) is 9.93. The van der Waals surface area contributed by atoms with Crippen LogP contribution in [0.5, 0.6) is 0 Å². The van der Waals surface area contributed by atoms with Crippen LogP contribution >= 0.6 is 0 Å². The van der Waals surface area contributed by atoms with E-state index in [1.54, 1.807) is 21.9 Å². The average molecular weight is 491 g/mol. The van der Waals surface area contributed by atoms with Crippen molar-refractivity contribution < 1.29 is 14.8 Å². The highest BCUT2D eigenvalue weighted by Gasteiger charge is 2.48. The van der Waals surface area contributed by atoms with Crippen LogP contribution in [-0.2, 0) is 16.0 Å². The van der Waals surface area contributed by atoms with Gasteiger partial charge in [-0.3, -0.25) is 14.8 Å². The molecule has 36 heavy (non-hydrogen) atoms. The third-order valence-electron chi connectivity index (χ3n) is 7.55. The van der Waals surface area contributed by atoms with E-state index in [0.29, 0.717) is 18.5 Å². The maximum Gasteiger partial charge on any atom is 0.246 e. The molecule has 2 aromatic carbocycles. The van der Waals surface area contributed by atoms with E-state index < -0.39 is 12.1 Å². The Morgan fingerprint density at radius 1 is 1.11 bits per heavy atom. The van der Waals surface area contributed by atoms with E-state index in [2.05, 4.69) is 23.7 Å². The largest absolute Gasteiger partial charge is 0.733 e. The SMILES string of the molecule is CCN(CC)CCCN1CC(=O)N2C(c3cccc(N([O-])O)c3)c3[nH]c4ccccc4c3C[C@H]2C1=O. The number of carbonyl (C=O) groups excluding carboxylic acids is 2. The van der Waals surface area contributed by atoms with Crippen molar-refractivity contribution in [1.82, 2.24) is 19.7 Å². The Balaban J connectivity index is 1.53. The summed E-state index contributed by atoms with van der Waals surface area (Å²) in [7, 11) is 0. The average Bonchev–Trinajstić information content (AvgIpc) is 3.26. The highest BCUT2D eigenvalue weighted by atomic mass is 16.8. The molecule has 0 radical (unpaired) electrons. The lowest BCUT2D eigenvalue weighted by Crippen LogP contribution is -2.63. The molecule has 9 nitrogen and oxygen atoms in total. The molecule has 1 unspecified atom stereocenters. The van der Waals surface area contributed by atoms with Crippen molar-refractivity contribution in [3.63, 3.8) is 0 Å². The van der Waals surface area contributed by atoms with Gasteiger partial charge in [-0.15, -0.1) is 0 Å². The normalized spacial score (nSPS) is 19.7. The van der Waals surface area contributed by atoms with Crippen LogP contribution in [0, 0.1) is 5.21 Å². The van der Waals surface area contributed by atoms with E-state index in [1.807, 2.05) is 30.3 Å². The van der Waals surface area contributed by atoms with Crippen LogP contribution in [0.2, 0.25) is 0 Å². The molecular formula is C27H32N5O4-. The van der Waals surface area contributed by atoms with Gasteiger partial charge in [-0.05, 0) is 55.4 Å². The zero-order valence-electron chi connectivity index (χ0n) is 20.7. The number of nitrogens with one attached hydrogen (secondary N) is 1. The molecule has 190 valence electrons. The smallest absolute Gasteiger partial charge is 0.246 e. The van der Waals surface area contributed by atoms with Gasteiger partial charge in [0, 0.05) is 29.6 Å². The topological polar surface area (TPSA) is 106 Å². The summed E-state index contributed by atoms with van der Waals surface area (Å²) < 4.78 is 0. The molecule has 1 aromatic heterocycles.